The zero-order valence-electron chi connectivity index (χ0n) is 15.5. The van der Waals surface area contributed by atoms with Gasteiger partial charge in [-0.15, -0.1) is 0 Å². The minimum absolute atomic E-state index is 0.300. The lowest BCUT2D eigenvalue weighted by Crippen LogP contribution is -2.38. The van der Waals surface area contributed by atoms with Gasteiger partial charge in [-0.25, -0.2) is 13.5 Å². The Kier molecular flexibility index (Phi) is 4.57. The fraction of sp³-hybridized carbons (Fsp3) is 0.550. The highest BCUT2D eigenvalue weighted by Crippen LogP contribution is 2.39. The summed E-state index contributed by atoms with van der Waals surface area (Å²) in [5, 5.41) is 7.99. The van der Waals surface area contributed by atoms with Crippen LogP contribution in [0.25, 0.3) is 5.69 Å². The molecule has 0 radical (unpaired) electrons. The minimum Gasteiger partial charge on any atom is -0.317 e. The lowest BCUT2D eigenvalue weighted by molar-refractivity contribution is 0.193. The van der Waals surface area contributed by atoms with E-state index in [1.165, 1.54) is 31.4 Å². The first-order valence-electron chi connectivity index (χ1n) is 9.41. The maximum absolute atomic E-state index is 14.2. The van der Waals surface area contributed by atoms with Crippen molar-refractivity contribution in [2.24, 2.45) is 5.41 Å². The summed E-state index contributed by atoms with van der Waals surface area (Å²) in [6.45, 7) is 9.25. The molecule has 3 heterocycles. The normalized spacial score (nSPS) is 20.2. The van der Waals surface area contributed by atoms with Crippen LogP contribution in [0, 0.1) is 30.9 Å². The van der Waals surface area contributed by atoms with Gasteiger partial charge in [-0.3, -0.25) is 4.90 Å². The second kappa shape index (κ2) is 6.74. The quantitative estimate of drug-likeness (QED) is 0.911. The molecule has 0 bridgehead atoms. The maximum atomic E-state index is 14.2. The summed E-state index contributed by atoms with van der Waals surface area (Å²) in [5.74, 6) is -1.16. The summed E-state index contributed by atoms with van der Waals surface area (Å²) in [6.07, 6.45) is 3.76. The van der Waals surface area contributed by atoms with E-state index in [-0.39, 0.29) is 0 Å². The molecule has 2 fully saturated rings. The number of nitrogens with zero attached hydrogens (tertiary/aromatic N) is 3. The summed E-state index contributed by atoms with van der Waals surface area (Å²) >= 11 is 0. The topological polar surface area (TPSA) is 33.1 Å². The van der Waals surface area contributed by atoms with Crippen LogP contribution in [0.1, 0.15) is 36.2 Å². The van der Waals surface area contributed by atoms with Gasteiger partial charge < -0.3 is 5.32 Å². The Labute approximate surface area is 153 Å². The molecule has 26 heavy (non-hydrogen) atoms. The van der Waals surface area contributed by atoms with Gasteiger partial charge in [-0.1, -0.05) is 0 Å². The number of halogens is 2. The van der Waals surface area contributed by atoms with E-state index in [1.807, 2.05) is 13.8 Å². The summed E-state index contributed by atoms with van der Waals surface area (Å²) in [4.78, 5) is 2.51. The van der Waals surface area contributed by atoms with E-state index < -0.39 is 11.6 Å². The average molecular weight is 360 g/mol. The highest BCUT2D eigenvalue weighted by atomic mass is 19.1. The van der Waals surface area contributed by atoms with Crippen LogP contribution in [0.15, 0.2) is 18.2 Å². The van der Waals surface area contributed by atoms with Crippen molar-refractivity contribution in [1.82, 2.24) is 20.0 Å². The van der Waals surface area contributed by atoms with Crippen LogP contribution in [-0.2, 0) is 6.54 Å². The van der Waals surface area contributed by atoms with E-state index in [2.05, 4.69) is 15.3 Å². The van der Waals surface area contributed by atoms with Crippen LogP contribution in [0.4, 0.5) is 8.78 Å². The number of aromatic nitrogens is 2. The first-order valence-corrected chi connectivity index (χ1v) is 9.41. The van der Waals surface area contributed by atoms with Crippen molar-refractivity contribution in [3.63, 3.8) is 0 Å². The molecule has 2 aliphatic heterocycles. The highest BCUT2D eigenvalue weighted by Gasteiger charge is 2.39. The number of hydrogen-bond acceptors (Lipinski definition) is 3. The molecule has 2 saturated heterocycles. The Morgan fingerprint density at radius 3 is 2.65 bits per heavy atom. The van der Waals surface area contributed by atoms with Crippen LogP contribution >= 0.6 is 0 Å². The number of rotatable bonds is 3. The molecule has 0 unspecified atom stereocenters. The lowest BCUT2D eigenvalue weighted by atomic mass is 9.78. The number of piperidine rings is 1. The summed E-state index contributed by atoms with van der Waals surface area (Å²) in [5.41, 5.74) is 3.76. The third-order valence-corrected chi connectivity index (χ3v) is 6.14. The van der Waals surface area contributed by atoms with E-state index >= 15 is 0 Å². The Bertz CT molecular complexity index is 808. The van der Waals surface area contributed by atoms with Crippen LogP contribution < -0.4 is 5.32 Å². The second-order valence-corrected chi connectivity index (χ2v) is 7.87. The highest BCUT2D eigenvalue weighted by molar-refractivity contribution is 5.38. The molecule has 0 aliphatic carbocycles. The van der Waals surface area contributed by atoms with Gasteiger partial charge >= 0.3 is 0 Å². The smallest absolute Gasteiger partial charge is 0.151 e. The van der Waals surface area contributed by atoms with E-state index in [1.54, 1.807) is 4.68 Å². The SMILES string of the molecule is Cc1nn(-c2ccc(F)cc2F)c(C)c1CN1CCC2(CCNCC2)C1. The Morgan fingerprint density at radius 2 is 1.92 bits per heavy atom. The predicted molar refractivity (Wildman–Crippen MR) is 97.4 cm³/mol. The Balaban J connectivity index is 1.56. The van der Waals surface area contributed by atoms with Crippen molar-refractivity contribution in [2.75, 3.05) is 26.2 Å². The first-order chi connectivity index (χ1) is 12.5. The largest absolute Gasteiger partial charge is 0.317 e. The second-order valence-electron chi connectivity index (χ2n) is 7.87. The van der Waals surface area contributed by atoms with Crippen molar-refractivity contribution < 1.29 is 8.78 Å². The van der Waals surface area contributed by atoms with Crippen LogP contribution in [0.5, 0.6) is 0 Å². The van der Waals surface area contributed by atoms with Crippen LogP contribution in [-0.4, -0.2) is 40.9 Å². The summed E-state index contributed by atoms with van der Waals surface area (Å²) < 4.78 is 29.0. The predicted octanol–water partition coefficient (Wildman–Crippen LogP) is 3.34. The summed E-state index contributed by atoms with van der Waals surface area (Å²) in [6, 6.07) is 3.64. The molecular weight excluding hydrogens is 334 g/mol. The van der Waals surface area contributed by atoms with Crippen molar-refractivity contribution >= 4 is 0 Å². The third kappa shape index (κ3) is 3.16. The van der Waals surface area contributed by atoms with Gasteiger partial charge in [0.2, 0.25) is 0 Å². The van der Waals surface area contributed by atoms with Gasteiger partial charge in [0.1, 0.15) is 11.5 Å². The molecule has 1 N–H and O–H groups in total. The number of nitrogens with one attached hydrogen (secondary N) is 1. The van der Waals surface area contributed by atoms with Crippen LogP contribution in [0.2, 0.25) is 0 Å². The number of hydrogen-bond donors (Lipinski definition) is 1. The van der Waals surface area contributed by atoms with Gasteiger partial charge in [-0.2, -0.15) is 5.10 Å². The van der Waals surface area contributed by atoms with Crippen LogP contribution in [0.3, 0.4) is 0 Å². The van der Waals surface area contributed by atoms with Gasteiger partial charge in [0.15, 0.2) is 5.82 Å². The average Bonchev–Trinajstić information content (AvgIpc) is 3.12. The zero-order chi connectivity index (χ0) is 18.3. The standard InChI is InChI=1S/C20H26F2N4/c1-14-17(12-25-10-7-20(13-25)5-8-23-9-6-20)15(2)26(24-14)19-4-3-16(21)11-18(19)22/h3-4,11,23H,5-10,12-13H2,1-2H3. The molecule has 4 nitrogen and oxygen atoms in total. The molecule has 0 amide bonds. The fourth-order valence-corrected chi connectivity index (χ4v) is 4.54. The minimum atomic E-state index is -0.586. The van der Waals surface area contributed by atoms with Gasteiger partial charge in [0, 0.05) is 30.4 Å². The molecule has 1 aromatic carbocycles. The number of benzene rings is 1. The van der Waals surface area contributed by atoms with Gasteiger partial charge in [0.05, 0.1) is 5.69 Å². The van der Waals surface area contributed by atoms with Crippen molar-refractivity contribution in [3.8, 4) is 5.69 Å². The van der Waals surface area contributed by atoms with Crippen molar-refractivity contribution in [3.05, 3.63) is 46.8 Å². The molecule has 1 spiro atoms. The Morgan fingerprint density at radius 1 is 1.15 bits per heavy atom. The molecule has 0 atom stereocenters. The van der Waals surface area contributed by atoms with E-state index in [9.17, 15) is 8.78 Å². The molecule has 2 aliphatic rings. The maximum Gasteiger partial charge on any atom is 0.151 e. The van der Waals surface area contributed by atoms with E-state index in [0.29, 0.717) is 11.1 Å². The van der Waals surface area contributed by atoms with Crippen molar-refractivity contribution in [1.29, 1.82) is 0 Å². The van der Waals surface area contributed by atoms with E-state index in [0.717, 1.165) is 55.7 Å². The summed E-state index contributed by atoms with van der Waals surface area (Å²) in [7, 11) is 0. The van der Waals surface area contributed by atoms with Crippen molar-refractivity contribution in [2.45, 2.75) is 39.7 Å². The monoisotopic (exact) mass is 360 g/mol. The molecule has 1 aromatic heterocycles. The molecule has 0 saturated carbocycles. The molecule has 2 aromatic rings. The lowest BCUT2D eigenvalue weighted by Gasteiger charge is -2.34. The number of likely N-dealkylation sites (tertiary alicyclic amines) is 1. The van der Waals surface area contributed by atoms with Gasteiger partial charge in [-0.05, 0) is 70.3 Å². The van der Waals surface area contributed by atoms with Gasteiger partial charge in [0.25, 0.3) is 0 Å². The molecule has 6 heteroatoms. The number of aryl methyl sites for hydroxylation is 1. The fourth-order valence-electron chi connectivity index (χ4n) is 4.54. The Hall–Kier alpha value is -1.79. The first kappa shape index (κ1) is 17.6. The van der Waals surface area contributed by atoms with E-state index in [4.69, 9.17) is 0 Å². The molecule has 4 rings (SSSR count). The third-order valence-electron chi connectivity index (χ3n) is 6.14. The molecule has 140 valence electrons. The molecular formula is C20H26F2N4. The zero-order valence-corrected chi connectivity index (χ0v) is 15.5.